The molecule has 0 spiro atoms. The Morgan fingerprint density at radius 2 is 2.11 bits per heavy atom. The third-order valence-corrected chi connectivity index (χ3v) is 4.60. The number of alkyl halides is 2. The van der Waals surface area contributed by atoms with Crippen LogP contribution in [0.2, 0.25) is 0 Å². The molecule has 0 aliphatic carbocycles. The van der Waals surface area contributed by atoms with Crippen LogP contribution in [0.15, 0.2) is 11.4 Å². The molecule has 3 heterocycles. The molecule has 0 saturated carbocycles. The molecule has 1 saturated heterocycles. The molecule has 0 amide bonds. The van der Waals surface area contributed by atoms with Crippen LogP contribution in [0.3, 0.4) is 0 Å². The second kappa shape index (κ2) is 6.58. The highest BCUT2D eigenvalue weighted by Crippen LogP contribution is 2.34. The molecular formula is C17H23F2N7O. The first-order valence-electron chi connectivity index (χ1n) is 8.78. The van der Waals surface area contributed by atoms with E-state index in [1.54, 1.807) is 4.90 Å². The summed E-state index contributed by atoms with van der Waals surface area (Å²) in [7, 11) is 0. The number of hydrogen-bond acceptors (Lipinski definition) is 7. The van der Waals surface area contributed by atoms with E-state index in [4.69, 9.17) is 5.41 Å². The van der Waals surface area contributed by atoms with Crippen molar-refractivity contribution in [3.05, 3.63) is 16.9 Å². The summed E-state index contributed by atoms with van der Waals surface area (Å²) in [5, 5.41) is 15.7. The van der Waals surface area contributed by atoms with Gasteiger partial charge in [0.25, 0.3) is 5.92 Å². The average molecular weight is 379 g/mol. The van der Waals surface area contributed by atoms with Gasteiger partial charge in [-0.3, -0.25) is 0 Å². The van der Waals surface area contributed by atoms with Gasteiger partial charge in [-0.1, -0.05) is 25.9 Å². The molecule has 1 aliphatic rings. The van der Waals surface area contributed by atoms with Crippen LogP contribution in [0.5, 0.6) is 0 Å². The molecule has 1 unspecified atom stereocenters. The number of nitrogens with one attached hydrogen (secondary N) is 1. The minimum Gasteiger partial charge on any atom is -0.350 e. The lowest BCUT2D eigenvalue weighted by Crippen LogP contribution is -2.27. The number of nitroso groups, excluding NO2 is 1. The summed E-state index contributed by atoms with van der Waals surface area (Å²) in [6.45, 7) is 7.22. The number of anilines is 1. The standard InChI is InChI=1S/C17H23F2N7O/c1-10(24-27)12(20)8-26-14-11(7-21-26)13(22-15(23-14)16(2,3)4)25-6-5-17(18,19)9-25/h7,10,20H,5-6,8-9H2,1-4H3. The second-order valence-corrected chi connectivity index (χ2v) is 7.99. The maximum absolute atomic E-state index is 13.7. The Labute approximate surface area is 155 Å². The van der Waals surface area contributed by atoms with Crippen LogP contribution in [0, 0.1) is 10.3 Å². The molecule has 0 radical (unpaired) electrons. The largest absolute Gasteiger partial charge is 0.350 e. The van der Waals surface area contributed by atoms with Crippen LogP contribution in [-0.4, -0.2) is 50.5 Å². The molecule has 2 aromatic heterocycles. The number of rotatable bonds is 5. The van der Waals surface area contributed by atoms with Gasteiger partial charge < -0.3 is 10.3 Å². The molecule has 27 heavy (non-hydrogen) atoms. The number of aromatic nitrogens is 4. The lowest BCUT2D eigenvalue weighted by Gasteiger charge is -2.22. The summed E-state index contributed by atoms with van der Waals surface area (Å²) in [5.41, 5.74) is 0.161. The fraction of sp³-hybridized carbons (Fsp3) is 0.647. The molecule has 8 nitrogen and oxygen atoms in total. The van der Waals surface area contributed by atoms with E-state index in [1.165, 1.54) is 17.8 Å². The van der Waals surface area contributed by atoms with Crippen molar-refractivity contribution in [2.75, 3.05) is 18.0 Å². The van der Waals surface area contributed by atoms with Crippen LogP contribution in [0.4, 0.5) is 14.6 Å². The van der Waals surface area contributed by atoms with E-state index in [0.29, 0.717) is 22.7 Å². The maximum Gasteiger partial charge on any atom is 0.266 e. The van der Waals surface area contributed by atoms with Gasteiger partial charge in [0.15, 0.2) is 5.65 Å². The van der Waals surface area contributed by atoms with Crippen molar-refractivity contribution >= 4 is 22.6 Å². The fourth-order valence-corrected chi connectivity index (χ4v) is 2.91. The zero-order valence-corrected chi connectivity index (χ0v) is 15.8. The molecule has 1 atom stereocenters. The lowest BCUT2D eigenvalue weighted by molar-refractivity contribution is 0.0257. The van der Waals surface area contributed by atoms with Gasteiger partial charge in [-0.15, -0.1) is 0 Å². The molecular weight excluding hydrogens is 356 g/mol. The van der Waals surface area contributed by atoms with E-state index >= 15 is 0 Å². The van der Waals surface area contributed by atoms with Gasteiger partial charge in [0, 0.05) is 18.4 Å². The summed E-state index contributed by atoms with van der Waals surface area (Å²) < 4.78 is 29.0. The molecule has 10 heteroatoms. The first kappa shape index (κ1) is 19.2. The number of fused-ring (bicyclic) bond motifs is 1. The van der Waals surface area contributed by atoms with Crippen molar-refractivity contribution in [2.45, 2.75) is 58.0 Å². The number of hydrogen-bond donors (Lipinski definition) is 1. The number of nitrogens with zero attached hydrogens (tertiary/aromatic N) is 6. The smallest absolute Gasteiger partial charge is 0.266 e. The Bertz CT molecular complexity index is 887. The number of halogens is 2. The normalized spacial score (nSPS) is 18.1. The highest BCUT2D eigenvalue weighted by atomic mass is 19.3. The first-order chi connectivity index (χ1) is 12.5. The van der Waals surface area contributed by atoms with Crippen molar-refractivity contribution in [1.29, 1.82) is 5.41 Å². The molecule has 0 bridgehead atoms. The average Bonchev–Trinajstić information content (AvgIpc) is 3.15. The molecule has 1 aliphatic heterocycles. The molecule has 0 aromatic carbocycles. The molecule has 2 aromatic rings. The molecule has 1 N–H and O–H groups in total. The van der Waals surface area contributed by atoms with E-state index in [-0.39, 0.29) is 25.2 Å². The quantitative estimate of drug-likeness (QED) is 0.635. The first-order valence-corrected chi connectivity index (χ1v) is 8.78. The van der Waals surface area contributed by atoms with Gasteiger partial charge in [0.2, 0.25) is 0 Å². The van der Waals surface area contributed by atoms with Crippen molar-refractivity contribution in [3.8, 4) is 0 Å². The summed E-state index contributed by atoms with van der Waals surface area (Å²) in [5.74, 6) is -1.81. The monoisotopic (exact) mass is 379 g/mol. The molecule has 3 rings (SSSR count). The zero-order chi connectivity index (χ0) is 20.0. The van der Waals surface area contributed by atoms with Gasteiger partial charge in [0.05, 0.1) is 30.4 Å². The Balaban J connectivity index is 2.10. The highest BCUT2D eigenvalue weighted by Gasteiger charge is 2.40. The van der Waals surface area contributed by atoms with Crippen LogP contribution >= 0.6 is 0 Å². The Morgan fingerprint density at radius 3 is 2.67 bits per heavy atom. The Kier molecular flexibility index (Phi) is 4.69. The van der Waals surface area contributed by atoms with Crippen molar-refractivity contribution in [2.24, 2.45) is 5.18 Å². The minimum absolute atomic E-state index is 0.0482. The molecule has 146 valence electrons. The highest BCUT2D eigenvalue weighted by molar-refractivity contribution is 5.90. The topological polar surface area (TPSA) is 100 Å². The summed E-state index contributed by atoms with van der Waals surface area (Å²) in [6, 6.07) is -0.773. The Hall–Kier alpha value is -2.52. The van der Waals surface area contributed by atoms with Crippen LogP contribution in [-0.2, 0) is 12.0 Å². The summed E-state index contributed by atoms with van der Waals surface area (Å²) in [4.78, 5) is 21.4. The minimum atomic E-state index is -2.75. The maximum atomic E-state index is 13.7. The van der Waals surface area contributed by atoms with Crippen molar-refractivity contribution < 1.29 is 8.78 Å². The molecule has 1 fully saturated rings. The predicted octanol–water partition coefficient (Wildman–Crippen LogP) is 3.14. The van der Waals surface area contributed by atoms with E-state index in [1.807, 2.05) is 20.8 Å². The van der Waals surface area contributed by atoms with E-state index in [0.717, 1.165) is 0 Å². The van der Waals surface area contributed by atoms with E-state index < -0.39 is 23.9 Å². The van der Waals surface area contributed by atoms with Crippen molar-refractivity contribution in [1.82, 2.24) is 19.7 Å². The van der Waals surface area contributed by atoms with Gasteiger partial charge in [-0.05, 0) is 6.92 Å². The zero-order valence-electron chi connectivity index (χ0n) is 15.8. The third-order valence-electron chi connectivity index (χ3n) is 4.60. The summed E-state index contributed by atoms with van der Waals surface area (Å²) in [6.07, 6.45) is 1.31. The predicted molar refractivity (Wildman–Crippen MR) is 98.8 cm³/mol. The van der Waals surface area contributed by atoms with Crippen LogP contribution in [0.1, 0.15) is 39.9 Å². The van der Waals surface area contributed by atoms with Crippen molar-refractivity contribution in [3.63, 3.8) is 0 Å². The van der Waals surface area contributed by atoms with Gasteiger partial charge in [-0.25, -0.2) is 23.4 Å². The Morgan fingerprint density at radius 1 is 1.41 bits per heavy atom. The lowest BCUT2D eigenvalue weighted by atomic mass is 9.95. The van der Waals surface area contributed by atoms with Crippen LogP contribution in [0.25, 0.3) is 11.0 Å². The van der Waals surface area contributed by atoms with E-state index in [2.05, 4.69) is 20.2 Å². The summed E-state index contributed by atoms with van der Waals surface area (Å²) >= 11 is 0. The van der Waals surface area contributed by atoms with E-state index in [9.17, 15) is 13.7 Å². The SMILES string of the molecule is CC(N=O)C(=N)Cn1ncc2c(N3CCC(F)(F)C3)nc(C(C)(C)C)nc21. The van der Waals surface area contributed by atoms with Gasteiger partial charge >= 0.3 is 0 Å². The third kappa shape index (κ3) is 3.79. The fourth-order valence-electron chi connectivity index (χ4n) is 2.91. The van der Waals surface area contributed by atoms with Gasteiger partial charge in [0.1, 0.15) is 17.7 Å². The van der Waals surface area contributed by atoms with Crippen LogP contribution < -0.4 is 4.90 Å². The van der Waals surface area contributed by atoms with Gasteiger partial charge in [-0.2, -0.15) is 10.0 Å². The second-order valence-electron chi connectivity index (χ2n) is 7.99.